The molecule has 1 aliphatic heterocycles. The monoisotopic (exact) mass is 411 g/mol. The summed E-state index contributed by atoms with van der Waals surface area (Å²) in [6.07, 6.45) is 7.40. The quantitative estimate of drug-likeness (QED) is 0.715. The summed E-state index contributed by atoms with van der Waals surface area (Å²) in [6, 6.07) is 11.4. The van der Waals surface area contributed by atoms with Crippen LogP contribution in [0.4, 0.5) is 5.69 Å². The van der Waals surface area contributed by atoms with Gasteiger partial charge in [0.25, 0.3) is 0 Å². The summed E-state index contributed by atoms with van der Waals surface area (Å²) in [6.45, 7) is 2.60. The van der Waals surface area contributed by atoms with Gasteiger partial charge in [0.05, 0.1) is 0 Å². The van der Waals surface area contributed by atoms with E-state index in [1.807, 2.05) is 36.4 Å². The second-order valence-electron chi connectivity index (χ2n) is 6.46. The van der Waals surface area contributed by atoms with Gasteiger partial charge in [-0.1, -0.05) is 12.1 Å². The van der Waals surface area contributed by atoms with E-state index in [0.29, 0.717) is 18.9 Å². The van der Waals surface area contributed by atoms with E-state index < -0.39 is 0 Å². The molecule has 27 heavy (non-hydrogen) atoms. The van der Waals surface area contributed by atoms with E-state index in [0.717, 1.165) is 36.5 Å². The predicted octanol–water partition coefficient (Wildman–Crippen LogP) is 4.22. The summed E-state index contributed by atoms with van der Waals surface area (Å²) in [5.74, 6) is 1.48. The van der Waals surface area contributed by atoms with Crippen LogP contribution in [0.2, 0.25) is 0 Å². The molecule has 0 unspecified atom stereocenters. The Bertz CT molecular complexity index is 680. The minimum absolute atomic E-state index is 0. The molecular formula is C20H27Cl2N3O2. The van der Waals surface area contributed by atoms with Crippen molar-refractivity contribution >= 4 is 36.4 Å². The van der Waals surface area contributed by atoms with Crippen LogP contribution in [0, 0.1) is 5.92 Å². The molecular weight excluding hydrogens is 385 g/mol. The fourth-order valence-corrected chi connectivity index (χ4v) is 3.04. The minimum atomic E-state index is 0. The van der Waals surface area contributed by atoms with Crippen LogP contribution in [-0.4, -0.2) is 24.0 Å². The second-order valence-corrected chi connectivity index (χ2v) is 6.46. The highest BCUT2D eigenvalue weighted by Gasteiger charge is 2.14. The molecule has 2 N–H and O–H groups in total. The summed E-state index contributed by atoms with van der Waals surface area (Å²) in [7, 11) is 0. The molecule has 1 saturated heterocycles. The van der Waals surface area contributed by atoms with Crippen molar-refractivity contribution in [2.75, 3.05) is 18.4 Å². The van der Waals surface area contributed by atoms with E-state index in [1.54, 1.807) is 12.4 Å². The van der Waals surface area contributed by atoms with Crippen molar-refractivity contribution in [1.29, 1.82) is 0 Å². The van der Waals surface area contributed by atoms with Gasteiger partial charge >= 0.3 is 0 Å². The van der Waals surface area contributed by atoms with Crippen molar-refractivity contribution in [3.63, 3.8) is 0 Å². The maximum absolute atomic E-state index is 12.2. The number of benzene rings is 1. The Morgan fingerprint density at radius 2 is 2.00 bits per heavy atom. The third-order valence-corrected chi connectivity index (χ3v) is 4.48. The third kappa shape index (κ3) is 8.16. The first-order valence-electron chi connectivity index (χ1n) is 8.92. The van der Waals surface area contributed by atoms with Crippen molar-refractivity contribution < 1.29 is 9.53 Å². The molecule has 3 rings (SSSR count). The van der Waals surface area contributed by atoms with Crippen molar-refractivity contribution in [1.82, 2.24) is 10.3 Å². The molecule has 0 radical (unpaired) electrons. The van der Waals surface area contributed by atoms with Crippen LogP contribution < -0.4 is 15.4 Å². The smallest absolute Gasteiger partial charge is 0.224 e. The summed E-state index contributed by atoms with van der Waals surface area (Å²) >= 11 is 0. The largest absolute Gasteiger partial charge is 0.489 e. The summed E-state index contributed by atoms with van der Waals surface area (Å²) in [5.41, 5.74) is 1.79. The lowest BCUT2D eigenvalue weighted by atomic mass is 9.93. The normalized spacial score (nSPS) is 13.8. The minimum Gasteiger partial charge on any atom is -0.489 e. The molecule has 148 valence electrons. The molecule has 1 aromatic heterocycles. The van der Waals surface area contributed by atoms with Crippen molar-refractivity contribution in [3.05, 3.63) is 54.4 Å². The maximum atomic E-state index is 12.2. The van der Waals surface area contributed by atoms with Gasteiger partial charge in [-0.15, -0.1) is 24.8 Å². The number of aromatic nitrogens is 1. The molecule has 0 aliphatic carbocycles. The van der Waals surface area contributed by atoms with Gasteiger partial charge in [0.2, 0.25) is 5.91 Å². The molecule has 1 amide bonds. The number of nitrogens with one attached hydrogen (secondary N) is 2. The number of pyridine rings is 1. The summed E-state index contributed by atoms with van der Waals surface area (Å²) in [4.78, 5) is 16.2. The van der Waals surface area contributed by atoms with Crippen molar-refractivity contribution in [2.24, 2.45) is 5.92 Å². The Morgan fingerprint density at radius 1 is 1.19 bits per heavy atom. The second kappa shape index (κ2) is 12.5. The molecule has 1 aromatic carbocycles. The van der Waals surface area contributed by atoms with Gasteiger partial charge in [-0.2, -0.15) is 0 Å². The number of halogens is 2. The molecule has 7 heteroatoms. The lowest BCUT2D eigenvalue weighted by Gasteiger charge is -2.22. The zero-order valence-electron chi connectivity index (χ0n) is 15.2. The molecule has 5 nitrogen and oxygen atoms in total. The molecule has 2 heterocycles. The number of anilines is 1. The van der Waals surface area contributed by atoms with E-state index in [9.17, 15) is 4.79 Å². The van der Waals surface area contributed by atoms with Crippen LogP contribution in [0.1, 0.15) is 31.2 Å². The Hall–Kier alpha value is -1.82. The fraction of sp³-hybridized carbons (Fsp3) is 0.400. The van der Waals surface area contributed by atoms with Crippen LogP contribution in [-0.2, 0) is 11.4 Å². The lowest BCUT2D eigenvalue weighted by Crippen LogP contribution is -2.28. The zero-order chi connectivity index (χ0) is 17.3. The number of rotatable bonds is 7. The Labute approximate surface area is 173 Å². The van der Waals surface area contributed by atoms with E-state index in [1.165, 1.54) is 12.8 Å². The van der Waals surface area contributed by atoms with Crippen molar-refractivity contribution in [3.8, 4) is 5.75 Å². The van der Waals surface area contributed by atoms with Crippen LogP contribution >= 0.6 is 24.8 Å². The van der Waals surface area contributed by atoms with Gasteiger partial charge in [-0.25, -0.2) is 0 Å². The van der Waals surface area contributed by atoms with E-state index in [2.05, 4.69) is 15.6 Å². The molecule has 0 saturated carbocycles. The Morgan fingerprint density at radius 3 is 2.74 bits per heavy atom. The van der Waals surface area contributed by atoms with Crippen LogP contribution in [0.15, 0.2) is 48.8 Å². The van der Waals surface area contributed by atoms with Gasteiger partial charge in [-0.3, -0.25) is 9.78 Å². The van der Waals surface area contributed by atoms with Gasteiger partial charge < -0.3 is 15.4 Å². The number of hydrogen-bond acceptors (Lipinski definition) is 4. The number of amides is 1. The molecule has 2 aromatic rings. The third-order valence-electron chi connectivity index (χ3n) is 4.48. The summed E-state index contributed by atoms with van der Waals surface area (Å²) in [5, 5.41) is 6.33. The molecule has 1 fully saturated rings. The van der Waals surface area contributed by atoms with Gasteiger partial charge in [-0.05, 0) is 56.5 Å². The average molecular weight is 412 g/mol. The SMILES string of the molecule is Cl.Cl.O=C(CCC1CCNCC1)Nc1cccc(OCc2cccnc2)c1. The standard InChI is InChI=1S/C20H25N3O2.2ClH/c24-20(7-6-16-8-11-21-12-9-16)23-18-4-1-5-19(13-18)25-15-17-3-2-10-22-14-17;;/h1-5,10,13-14,16,21H,6-9,11-12,15H2,(H,23,24);2*1H. The predicted molar refractivity (Wildman–Crippen MR) is 113 cm³/mol. The molecule has 1 aliphatic rings. The number of carbonyl (C=O) groups is 1. The van der Waals surface area contributed by atoms with Gasteiger partial charge in [0.15, 0.2) is 0 Å². The molecule has 0 spiro atoms. The number of carbonyl (C=O) groups excluding carboxylic acids is 1. The Kier molecular flexibility index (Phi) is 10.8. The van der Waals surface area contributed by atoms with Crippen LogP contribution in [0.3, 0.4) is 0 Å². The summed E-state index contributed by atoms with van der Waals surface area (Å²) < 4.78 is 5.77. The highest BCUT2D eigenvalue weighted by atomic mass is 35.5. The highest BCUT2D eigenvalue weighted by Crippen LogP contribution is 2.21. The lowest BCUT2D eigenvalue weighted by molar-refractivity contribution is -0.116. The van der Waals surface area contributed by atoms with Crippen LogP contribution in [0.25, 0.3) is 0 Å². The number of piperidine rings is 1. The maximum Gasteiger partial charge on any atom is 0.224 e. The fourth-order valence-electron chi connectivity index (χ4n) is 3.04. The highest BCUT2D eigenvalue weighted by molar-refractivity contribution is 5.90. The van der Waals surface area contributed by atoms with Gasteiger partial charge in [0, 0.05) is 36.1 Å². The molecule has 0 bridgehead atoms. The first-order chi connectivity index (χ1) is 12.3. The average Bonchev–Trinajstić information content (AvgIpc) is 2.67. The number of nitrogens with zero attached hydrogens (tertiary/aromatic N) is 1. The van der Waals surface area contributed by atoms with E-state index >= 15 is 0 Å². The van der Waals surface area contributed by atoms with E-state index in [-0.39, 0.29) is 30.7 Å². The van der Waals surface area contributed by atoms with E-state index in [4.69, 9.17) is 4.74 Å². The van der Waals surface area contributed by atoms with Crippen LogP contribution in [0.5, 0.6) is 5.75 Å². The molecule has 0 atom stereocenters. The Balaban J connectivity index is 0.00000182. The number of ether oxygens (including phenoxy) is 1. The zero-order valence-corrected chi connectivity index (χ0v) is 16.9. The van der Waals surface area contributed by atoms with Crippen molar-refractivity contribution in [2.45, 2.75) is 32.3 Å². The van der Waals surface area contributed by atoms with Gasteiger partial charge in [0.1, 0.15) is 12.4 Å². The number of hydrogen-bond donors (Lipinski definition) is 2. The topological polar surface area (TPSA) is 63.2 Å². The first kappa shape index (κ1) is 23.2. The first-order valence-corrected chi connectivity index (χ1v) is 8.92.